The molecule has 6 N–H and O–H groups in total. The molecule has 51 heavy (non-hydrogen) atoms. The van der Waals surface area contributed by atoms with Crippen LogP contribution in [0.5, 0.6) is 0 Å². The molecule has 0 saturated heterocycles. The van der Waals surface area contributed by atoms with Gasteiger partial charge < -0.3 is 26.6 Å². The van der Waals surface area contributed by atoms with Crippen LogP contribution >= 0.6 is 0 Å². The van der Waals surface area contributed by atoms with Gasteiger partial charge in [0.25, 0.3) is 0 Å². The summed E-state index contributed by atoms with van der Waals surface area (Å²) in [5.41, 5.74) is 10.6. The molecule has 0 aromatic heterocycles. The number of nitrogens with zero attached hydrogens (tertiary/aromatic N) is 1. The predicted molar refractivity (Wildman–Crippen MR) is 216 cm³/mol. The second-order valence-electron chi connectivity index (χ2n) is 14.0. The molecular weight excluding hydrogens is 640 g/mol. The first-order chi connectivity index (χ1) is 24.8. The van der Waals surface area contributed by atoms with Crippen LogP contribution in [0, 0.1) is 0 Å². The van der Waals surface area contributed by atoms with Crippen molar-refractivity contribution < 1.29 is 24.2 Å². The van der Waals surface area contributed by atoms with Crippen LogP contribution < -0.4 is 16.8 Å². The lowest BCUT2D eigenvalue weighted by atomic mass is 10.1. The topological polar surface area (TPSA) is 157 Å². The van der Waals surface area contributed by atoms with Gasteiger partial charge in [0.1, 0.15) is 6.04 Å². The molecule has 0 saturated carbocycles. The van der Waals surface area contributed by atoms with Crippen molar-refractivity contribution >= 4 is 23.8 Å². The van der Waals surface area contributed by atoms with Gasteiger partial charge >= 0.3 is 11.9 Å². The number of unbranched alkanes of at least 4 members (excludes halogenated alkanes) is 23. The molecule has 0 bridgehead atoms. The maximum absolute atomic E-state index is 12.1. The summed E-state index contributed by atoms with van der Waals surface area (Å²) in [4.78, 5) is 38.4. The third kappa shape index (κ3) is 43.5. The number of amides is 1. The number of hydrogen-bond acceptors (Lipinski definition) is 5. The Morgan fingerprint density at radius 1 is 0.608 bits per heavy atom. The summed E-state index contributed by atoms with van der Waals surface area (Å²) in [5, 5.41) is 11.3. The first-order valence-corrected chi connectivity index (χ1v) is 21.2. The highest BCUT2D eigenvalue weighted by molar-refractivity contribution is 5.84. The molecule has 0 radical (unpaired) electrons. The number of nitrogens with one attached hydrogen (secondary N) is 1. The summed E-state index contributed by atoms with van der Waals surface area (Å²) >= 11 is 0. The van der Waals surface area contributed by atoms with Gasteiger partial charge in [-0.25, -0.2) is 4.79 Å². The monoisotopic (exact) mass is 723 g/mol. The van der Waals surface area contributed by atoms with Gasteiger partial charge in [0.05, 0.1) is 6.61 Å². The van der Waals surface area contributed by atoms with Crippen LogP contribution in [0.2, 0.25) is 0 Å². The van der Waals surface area contributed by atoms with E-state index < -0.39 is 18.0 Å². The summed E-state index contributed by atoms with van der Waals surface area (Å²) in [6.07, 6.45) is 39.5. The number of rotatable bonds is 36. The maximum Gasteiger partial charge on any atom is 0.328 e. The molecule has 0 aliphatic carbocycles. The smallest absolute Gasteiger partial charge is 0.328 e. The van der Waals surface area contributed by atoms with Gasteiger partial charge in [0.15, 0.2) is 5.96 Å². The molecule has 0 aromatic carbocycles. The summed E-state index contributed by atoms with van der Waals surface area (Å²) in [6.45, 7) is 6.96. The average molecular weight is 723 g/mol. The molecule has 0 aliphatic heterocycles. The molecule has 0 aliphatic rings. The second kappa shape index (κ2) is 41.8. The fourth-order valence-electron chi connectivity index (χ4n) is 5.91. The van der Waals surface area contributed by atoms with Gasteiger partial charge in [-0.15, -0.1) is 0 Å². The minimum atomic E-state index is -0.656. The normalized spacial score (nSPS) is 11.5. The number of ether oxygens (including phenoxy) is 1. The molecular formula is C42H82N4O5. The lowest BCUT2D eigenvalue weighted by molar-refractivity contribution is -0.147. The van der Waals surface area contributed by atoms with Crippen LogP contribution in [0.15, 0.2) is 17.1 Å². The highest BCUT2D eigenvalue weighted by atomic mass is 16.5. The van der Waals surface area contributed by atoms with E-state index in [0.29, 0.717) is 32.2 Å². The summed E-state index contributed by atoms with van der Waals surface area (Å²) in [6, 6.07) is -0.634. The second-order valence-corrected chi connectivity index (χ2v) is 14.0. The predicted octanol–water partition coefficient (Wildman–Crippen LogP) is 10.7. The van der Waals surface area contributed by atoms with E-state index in [1.807, 2.05) is 0 Å². The standard InChI is InChI=1S/C22H42O2.C20H40N4O3/c1-2-3-4-5-6-7-8-9-10-11-12-13-14-15-16-17-18-19-20-21-22(23)24;1-3-5-6-7-8-9-10-11-12-15-18(25)24-17(19(26)27-4-2)14-13-16-23-20(21)22/h9-10H,2-8,11-21H2,1H3,(H,23,24);17H,3-16H2,1-2H3,(H,24,25)(H4,21,22,23)/b10-9-;/t;17-/m.0/s1. The zero-order valence-electron chi connectivity index (χ0n) is 33.5. The molecule has 1 atom stereocenters. The van der Waals surface area contributed by atoms with Crippen molar-refractivity contribution in [2.24, 2.45) is 16.5 Å². The van der Waals surface area contributed by atoms with Gasteiger partial charge in [0, 0.05) is 19.4 Å². The van der Waals surface area contributed by atoms with Crippen LogP contribution in [0.4, 0.5) is 0 Å². The van der Waals surface area contributed by atoms with Gasteiger partial charge in [-0.2, -0.15) is 0 Å². The fraction of sp³-hybridized carbons (Fsp3) is 0.857. The van der Waals surface area contributed by atoms with Crippen LogP contribution in [0.25, 0.3) is 0 Å². The molecule has 0 aromatic rings. The number of hydrogen-bond donors (Lipinski definition) is 4. The Bertz CT molecular complexity index is 845. The van der Waals surface area contributed by atoms with Crippen molar-refractivity contribution in [3.8, 4) is 0 Å². The molecule has 0 heterocycles. The number of carbonyl (C=O) groups is 3. The van der Waals surface area contributed by atoms with Crippen molar-refractivity contribution in [1.82, 2.24) is 5.32 Å². The summed E-state index contributed by atoms with van der Waals surface area (Å²) in [7, 11) is 0. The molecule has 9 nitrogen and oxygen atoms in total. The van der Waals surface area contributed by atoms with Crippen molar-refractivity contribution in [3.63, 3.8) is 0 Å². The lowest BCUT2D eigenvalue weighted by Gasteiger charge is -2.17. The van der Waals surface area contributed by atoms with E-state index in [9.17, 15) is 14.4 Å². The van der Waals surface area contributed by atoms with E-state index in [2.05, 4.69) is 36.3 Å². The third-order valence-electron chi connectivity index (χ3n) is 9.01. The number of guanidine groups is 1. The molecule has 0 fully saturated rings. The molecule has 9 heteroatoms. The number of aliphatic carboxylic acids is 1. The highest BCUT2D eigenvalue weighted by Gasteiger charge is 2.21. The SMILES string of the molecule is CCCCCCCC/C=C\CCCCCCCCCCCC(=O)O.CCCCCCCCCCCC(=O)N[C@@H](CCCN=C(N)N)C(=O)OCC. The van der Waals surface area contributed by atoms with Crippen LogP contribution in [0.1, 0.15) is 213 Å². The number of carboxylic acid groups (broad SMARTS) is 1. The number of carbonyl (C=O) groups excluding carboxylic acids is 2. The lowest BCUT2D eigenvalue weighted by Crippen LogP contribution is -2.42. The Morgan fingerprint density at radius 2 is 1.02 bits per heavy atom. The first-order valence-electron chi connectivity index (χ1n) is 21.2. The van der Waals surface area contributed by atoms with E-state index in [1.54, 1.807) is 6.92 Å². The van der Waals surface area contributed by atoms with Crippen LogP contribution in [-0.2, 0) is 19.1 Å². The van der Waals surface area contributed by atoms with E-state index in [4.69, 9.17) is 21.3 Å². The van der Waals surface area contributed by atoms with Gasteiger partial charge in [-0.3, -0.25) is 14.6 Å². The number of aliphatic imine (C=N–C) groups is 1. The first kappa shape index (κ1) is 50.5. The van der Waals surface area contributed by atoms with Crippen LogP contribution in [-0.4, -0.2) is 48.1 Å². The minimum Gasteiger partial charge on any atom is -0.481 e. The zero-order chi connectivity index (χ0) is 38.0. The number of nitrogens with two attached hydrogens (primary N) is 2. The van der Waals surface area contributed by atoms with E-state index in [1.165, 1.54) is 141 Å². The van der Waals surface area contributed by atoms with E-state index in [0.717, 1.165) is 25.7 Å². The molecule has 300 valence electrons. The van der Waals surface area contributed by atoms with Crippen molar-refractivity contribution in [1.29, 1.82) is 0 Å². The maximum atomic E-state index is 12.1. The Balaban J connectivity index is 0. The summed E-state index contributed by atoms with van der Waals surface area (Å²) < 4.78 is 5.04. The Morgan fingerprint density at radius 3 is 1.43 bits per heavy atom. The average Bonchev–Trinajstić information content (AvgIpc) is 3.10. The Kier molecular flexibility index (Phi) is 41.5. The largest absolute Gasteiger partial charge is 0.481 e. The highest BCUT2D eigenvalue weighted by Crippen LogP contribution is 2.13. The minimum absolute atomic E-state index is 0.0251. The Hall–Kier alpha value is -2.58. The quantitative estimate of drug-likeness (QED) is 0.0165. The third-order valence-corrected chi connectivity index (χ3v) is 9.01. The number of esters is 1. The molecule has 0 spiro atoms. The fourth-order valence-corrected chi connectivity index (χ4v) is 5.91. The number of carboxylic acids is 1. The molecule has 1 amide bonds. The summed E-state index contributed by atoms with van der Waals surface area (Å²) in [5.74, 6) is -1.13. The van der Waals surface area contributed by atoms with Gasteiger partial charge in [0.2, 0.25) is 5.91 Å². The Labute approximate surface area is 314 Å². The molecule has 0 rings (SSSR count). The van der Waals surface area contributed by atoms with Gasteiger partial charge in [-0.05, 0) is 58.3 Å². The zero-order valence-corrected chi connectivity index (χ0v) is 33.5. The van der Waals surface area contributed by atoms with Crippen molar-refractivity contribution in [2.45, 2.75) is 219 Å². The molecule has 0 unspecified atom stereocenters. The van der Waals surface area contributed by atoms with Crippen LogP contribution in [0.3, 0.4) is 0 Å². The van der Waals surface area contributed by atoms with Crippen molar-refractivity contribution in [3.05, 3.63) is 12.2 Å². The van der Waals surface area contributed by atoms with E-state index >= 15 is 0 Å². The van der Waals surface area contributed by atoms with Gasteiger partial charge in [-0.1, -0.05) is 154 Å². The van der Waals surface area contributed by atoms with E-state index in [-0.39, 0.29) is 18.5 Å². The number of allylic oxidation sites excluding steroid dienone is 2. The van der Waals surface area contributed by atoms with Crippen molar-refractivity contribution in [2.75, 3.05) is 13.2 Å².